The number of hydrogen-bond donors (Lipinski definition) is 1. The fourth-order valence-corrected chi connectivity index (χ4v) is 1.74. The van der Waals surface area contributed by atoms with Crippen LogP contribution in [0, 0.1) is 11.3 Å². The Hall–Kier alpha value is -2.02. The first-order chi connectivity index (χ1) is 9.26. The van der Waals surface area contributed by atoms with Gasteiger partial charge in [-0.25, -0.2) is 0 Å². The van der Waals surface area contributed by atoms with Crippen molar-refractivity contribution in [3.63, 3.8) is 0 Å². The minimum atomic E-state index is -0.138. The Labute approximate surface area is 114 Å². The monoisotopic (exact) mass is 260 g/mol. The summed E-state index contributed by atoms with van der Waals surface area (Å²) in [6.45, 7) is 0.888. The molecule has 0 radical (unpaired) electrons. The summed E-state index contributed by atoms with van der Waals surface area (Å²) in [6.07, 6.45) is 3.86. The molecule has 4 heteroatoms. The van der Waals surface area contributed by atoms with Gasteiger partial charge in [0.2, 0.25) is 0 Å². The molecule has 0 amide bonds. The summed E-state index contributed by atoms with van der Waals surface area (Å²) in [5.41, 5.74) is 2.10. The number of esters is 1. The van der Waals surface area contributed by atoms with Crippen molar-refractivity contribution in [1.82, 2.24) is 0 Å². The second-order valence-electron chi connectivity index (χ2n) is 4.35. The number of benzene rings is 1. The lowest BCUT2D eigenvalue weighted by Gasteiger charge is -2.06. The molecule has 0 aliphatic carbocycles. The predicted molar refractivity (Wildman–Crippen MR) is 74.7 cm³/mol. The number of nitrogens with zero attached hydrogens (tertiary/aromatic N) is 1. The Morgan fingerprint density at radius 3 is 2.63 bits per heavy atom. The van der Waals surface area contributed by atoms with Crippen LogP contribution in [0.5, 0.6) is 0 Å². The molecule has 102 valence electrons. The highest BCUT2D eigenvalue weighted by atomic mass is 16.5. The molecule has 1 rings (SSSR count). The number of carbonyl (C=O) groups excluding carboxylic acids is 1. The lowest BCUT2D eigenvalue weighted by atomic mass is 10.1. The first-order valence-electron chi connectivity index (χ1n) is 6.53. The minimum absolute atomic E-state index is 0.138. The standard InChI is InChI=1S/C15H20N2O2/c1-19-15(18)5-3-2-4-12-17-14-8-6-13(7-9-14)10-11-16/h6-9,17H,2-5,10,12H2,1H3. The summed E-state index contributed by atoms with van der Waals surface area (Å²) in [5.74, 6) is -0.138. The number of hydrogen-bond acceptors (Lipinski definition) is 4. The van der Waals surface area contributed by atoms with Crippen LogP contribution in [0.4, 0.5) is 5.69 Å². The number of nitrogens with one attached hydrogen (secondary N) is 1. The molecule has 0 spiro atoms. The fraction of sp³-hybridized carbons (Fsp3) is 0.467. The first kappa shape index (κ1) is 15.0. The van der Waals surface area contributed by atoms with E-state index in [0.717, 1.165) is 37.1 Å². The molecule has 4 nitrogen and oxygen atoms in total. The quantitative estimate of drug-likeness (QED) is 0.576. The van der Waals surface area contributed by atoms with E-state index in [1.165, 1.54) is 7.11 Å². The van der Waals surface area contributed by atoms with Gasteiger partial charge in [-0.15, -0.1) is 0 Å². The summed E-state index contributed by atoms with van der Waals surface area (Å²) < 4.78 is 4.58. The van der Waals surface area contributed by atoms with Gasteiger partial charge in [0, 0.05) is 18.7 Å². The third kappa shape index (κ3) is 6.46. The molecule has 0 saturated heterocycles. The molecule has 1 aromatic carbocycles. The molecule has 0 bridgehead atoms. The topological polar surface area (TPSA) is 62.1 Å². The molecule has 0 unspecified atom stereocenters. The molecular weight excluding hydrogens is 240 g/mol. The van der Waals surface area contributed by atoms with Crippen molar-refractivity contribution >= 4 is 11.7 Å². The number of carbonyl (C=O) groups is 1. The molecule has 0 atom stereocenters. The van der Waals surface area contributed by atoms with Crippen molar-refractivity contribution in [2.45, 2.75) is 32.1 Å². The van der Waals surface area contributed by atoms with E-state index in [1.807, 2.05) is 24.3 Å². The van der Waals surface area contributed by atoms with Crippen molar-refractivity contribution in [2.75, 3.05) is 19.0 Å². The first-order valence-corrected chi connectivity index (χ1v) is 6.53. The van der Waals surface area contributed by atoms with Crippen LogP contribution in [0.15, 0.2) is 24.3 Å². The zero-order valence-electron chi connectivity index (χ0n) is 11.3. The smallest absolute Gasteiger partial charge is 0.305 e. The summed E-state index contributed by atoms with van der Waals surface area (Å²) in [7, 11) is 1.42. The molecule has 19 heavy (non-hydrogen) atoms. The van der Waals surface area contributed by atoms with Crippen molar-refractivity contribution in [1.29, 1.82) is 5.26 Å². The van der Waals surface area contributed by atoms with Gasteiger partial charge in [0.05, 0.1) is 19.6 Å². The van der Waals surface area contributed by atoms with Crippen LogP contribution < -0.4 is 5.32 Å². The fourth-order valence-electron chi connectivity index (χ4n) is 1.74. The van der Waals surface area contributed by atoms with Gasteiger partial charge in [0.25, 0.3) is 0 Å². The highest BCUT2D eigenvalue weighted by Gasteiger charge is 1.99. The number of anilines is 1. The Morgan fingerprint density at radius 2 is 2.00 bits per heavy atom. The minimum Gasteiger partial charge on any atom is -0.469 e. The zero-order valence-corrected chi connectivity index (χ0v) is 11.3. The normalized spacial score (nSPS) is 9.68. The predicted octanol–water partition coefficient (Wildman–Crippen LogP) is 2.90. The van der Waals surface area contributed by atoms with E-state index in [9.17, 15) is 4.79 Å². The van der Waals surface area contributed by atoms with Gasteiger partial charge in [0.1, 0.15) is 0 Å². The van der Waals surface area contributed by atoms with E-state index in [-0.39, 0.29) is 5.97 Å². The van der Waals surface area contributed by atoms with Crippen LogP contribution >= 0.6 is 0 Å². The maximum Gasteiger partial charge on any atom is 0.305 e. The number of ether oxygens (including phenoxy) is 1. The Morgan fingerprint density at radius 1 is 1.26 bits per heavy atom. The molecule has 0 heterocycles. The highest BCUT2D eigenvalue weighted by molar-refractivity contribution is 5.68. The third-order valence-corrected chi connectivity index (χ3v) is 2.85. The molecular formula is C15H20N2O2. The van der Waals surface area contributed by atoms with E-state index in [2.05, 4.69) is 16.1 Å². The van der Waals surface area contributed by atoms with Crippen LogP contribution in [0.1, 0.15) is 31.2 Å². The number of rotatable bonds is 8. The van der Waals surface area contributed by atoms with Crippen LogP contribution in [-0.4, -0.2) is 19.6 Å². The van der Waals surface area contributed by atoms with Crippen LogP contribution in [0.3, 0.4) is 0 Å². The van der Waals surface area contributed by atoms with Gasteiger partial charge >= 0.3 is 5.97 Å². The highest BCUT2D eigenvalue weighted by Crippen LogP contribution is 2.10. The van der Waals surface area contributed by atoms with Crippen molar-refractivity contribution < 1.29 is 9.53 Å². The van der Waals surface area contributed by atoms with Crippen molar-refractivity contribution in [2.24, 2.45) is 0 Å². The van der Waals surface area contributed by atoms with Crippen LogP contribution in [0.2, 0.25) is 0 Å². The molecule has 0 saturated carbocycles. The molecule has 0 fully saturated rings. The molecule has 1 N–H and O–H groups in total. The third-order valence-electron chi connectivity index (χ3n) is 2.85. The lowest BCUT2D eigenvalue weighted by molar-refractivity contribution is -0.140. The zero-order chi connectivity index (χ0) is 13.9. The summed E-state index contributed by atoms with van der Waals surface area (Å²) >= 11 is 0. The summed E-state index contributed by atoms with van der Waals surface area (Å²) in [4.78, 5) is 10.9. The van der Waals surface area contributed by atoms with E-state index in [4.69, 9.17) is 5.26 Å². The van der Waals surface area contributed by atoms with Gasteiger partial charge < -0.3 is 10.1 Å². The van der Waals surface area contributed by atoms with Gasteiger partial charge in [-0.05, 0) is 30.5 Å². The van der Waals surface area contributed by atoms with E-state index in [0.29, 0.717) is 12.8 Å². The van der Waals surface area contributed by atoms with Gasteiger partial charge in [-0.3, -0.25) is 4.79 Å². The molecule has 1 aromatic rings. The average molecular weight is 260 g/mol. The number of methoxy groups -OCH3 is 1. The molecule has 0 aliphatic heterocycles. The number of nitriles is 1. The maximum absolute atomic E-state index is 10.9. The molecule has 0 aromatic heterocycles. The Balaban J connectivity index is 2.12. The van der Waals surface area contributed by atoms with Crippen LogP contribution in [0.25, 0.3) is 0 Å². The average Bonchev–Trinajstić information content (AvgIpc) is 2.44. The van der Waals surface area contributed by atoms with E-state index >= 15 is 0 Å². The van der Waals surface area contributed by atoms with E-state index in [1.54, 1.807) is 0 Å². The maximum atomic E-state index is 10.9. The van der Waals surface area contributed by atoms with Gasteiger partial charge in [-0.2, -0.15) is 5.26 Å². The second kappa shape index (κ2) is 8.98. The van der Waals surface area contributed by atoms with Crippen molar-refractivity contribution in [3.8, 4) is 6.07 Å². The largest absolute Gasteiger partial charge is 0.469 e. The lowest BCUT2D eigenvalue weighted by Crippen LogP contribution is -2.03. The molecule has 0 aliphatic rings. The second-order valence-corrected chi connectivity index (χ2v) is 4.35. The SMILES string of the molecule is COC(=O)CCCCCNc1ccc(CC#N)cc1. The van der Waals surface area contributed by atoms with Gasteiger partial charge in [0.15, 0.2) is 0 Å². The van der Waals surface area contributed by atoms with Crippen molar-refractivity contribution in [3.05, 3.63) is 29.8 Å². The summed E-state index contributed by atoms with van der Waals surface area (Å²) in [6, 6.07) is 10.0. The summed E-state index contributed by atoms with van der Waals surface area (Å²) in [5, 5.41) is 11.9. The van der Waals surface area contributed by atoms with E-state index < -0.39 is 0 Å². The van der Waals surface area contributed by atoms with Crippen LogP contribution in [-0.2, 0) is 16.0 Å². The Kier molecular flexibility index (Phi) is 7.11. The Bertz CT molecular complexity index is 421. The number of unbranched alkanes of at least 4 members (excludes halogenated alkanes) is 2. The van der Waals surface area contributed by atoms with Gasteiger partial charge in [-0.1, -0.05) is 18.6 Å².